The molecular weight excluding hydrogens is 584 g/mol. The number of hydrogen-bond donors (Lipinski definition) is 1. The number of carbonyl (C=O) groups excluding carboxylic acids is 2. The predicted octanol–water partition coefficient (Wildman–Crippen LogP) is 7.35. The van der Waals surface area contributed by atoms with E-state index in [1.165, 1.54) is 10.3 Å². The summed E-state index contributed by atoms with van der Waals surface area (Å²) in [6.45, 7) is 2.60. The average molecular weight is 606 g/mol. The van der Waals surface area contributed by atoms with Crippen molar-refractivity contribution >= 4 is 60.6 Å². The monoisotopic (exact) mass is 604 g/mol. The molecule has 1 aliphatic rings. The molecule has 0 bridgehead atoms. The van der Waals surface area contributed by atoms with Gasteiger partial charge < -0.3 is 10.1 Å². The summed E-state index contributed by atoms with van der Waals surface area (Å²) >= 11 is 7.19. The van der Waals surface area contributed by atoms with Crippen LogP contribution >= 0.6 is 31.9 Å². The van der Waals surface area contributed by atoms with Crippen molar-refractivity contribution in [3.05, 3.63) is 116 Å². The fraction of sp³-hybridized carbons (Fsp3) is 0.103. The van der Waals surface area contributed by atoms with E-state index in [0.29, 0.717) is 12.4 Å². The number of aryl methyl sites for hydroxylation is 1. The number of urea groups is 1. The van der Waals surface area contributed by atoms with Gasteiger partial charge in [-0.15, -0.1) is 0 Å². The molecule has 4 aromatic carbocycles. The number of rotatable bonds is 6. The van der Waals surface area contributed by atoms with Gasteiger partial charge in [0, 0.05) is 0 Å². The molecule has 5 nitrogen and oxygen atoms in total. The number of imide groups is 1. The van der Waals surface area contributed by atoms with Gasteiger partial charge in [-0.25, -0.2) is 4.79 Å². The number of amides is 3. The van der Waals surface area contributed by atoms with Gasteiger partial charge in [-0.05, 0) is 84.5 Å². The molecule has 1 saturated heterocycles. The molecular formula is C29H22Br2N2O3. The summed E-state index contributed by atoms with van der Waals surface area (Å²) in [6.07, 6.45) is 1.67. The Morgan fingerprint density at radius 3 is 2.42 bits per heavy atom. The Hall–Kier alpha value is -3.42. The van der Waals surface area contributed by atoms with Crippen LogP contribution in [0.3, 0.4) is 0 Å². The Morgan fingerprint density at radius 2 is 1.64 bits per heavy atom. The topological polar surface area (TPSA) is 58.6 Å². The highest BCUT2D eigenvalue weighted by Gasteiger charge is 2.33. The van der Waals surface area contributed by atoms with Crippen LogP contribution in [-0.4, -0.2) is 16.8 Å². The standard InChI is InChI=1S/C29H22Br2N2O3/c1-18-6-4-7-19(12-18)16-33-28(34)26(32-29(33)35)15-20-13-24(30)27(25(31)14-20)36-17-22-10-5-9-21-8-2-3-11-23(21)22/h2-15H,16-17H2,1H3,(H,32,35)/b26-15+. The number of halogens is 2. The van der Waals surface area contributed by atoms with Crippen LogP contribution in [0.1, 0.15) is 22.3 Å². The normalized spacial score (nSPS) is 14.5. The summed E-state index contributed by atoms with van der Waals surface area (Å²) in [5, 5.41) is 5.01. The maximum absolute atomic E-state index is 12.9. The lowest BCUT2D eigenvalue weighted by Crippen LogP contribution is -2.30. The molecule has 1 aliphatic heterocycles. The van der Waals surface area contributed by atoms with Gasteiger partial charge in [-0.3, -0.25) is 9.69 Å². The predicted molar refractivity (Wildman–Crippen MR) is 148 cm³/mol. The Labute approximate surface area is 226 Å². The molecule has 3 amide bonds. The summed E-state index contributed by atoms with van der Waals surface area (Å²) in [6, 6.07) is 25.4. The Kier molecular flexibility index (Phi) is 6.94. The first-order chi connectivity index (χ1) is 17.4. The van der Waals surface area contributed by atoms with Crippen molar-refractivity contribution in [2.24, 2.45) is 0 Å². The number of fused-ring (bicyclic) bond motifs is 1. The van der Waals surface area contributed by atoms with E-state index in [9.17, 15) is 9.59 Å². The second-order valence-corrected chi connectivity index (χ2v) is 10.3. The van der Waals surface area contributed by atoms with Crippen molar-refractivity contribution in [3.63, 3.8) is 0 Å². The molecule has 0 spiro atoms. The Balaban J connectivity index is 1.33. The molecule has 1 fully saturated rings. The number of nitrogens with zero attached hydrogens (tertiary/aromatic N) is 1. The lowest BCUT2D eigenvalue weighted by atomic mass is 10.1. The second kappa shape index (κ2) is 10.3. The lowest BCUT2D eigenvalue weighted by Gasteiger charge is -2.13. The molecule has 0 radical (unpaired) electrons. The molecule has 5 rings (SSSR count). The molecule has 1 heterocycles. The van der Waals surface area contributed by atoms with Gasteiger partial charge in [0.05, 0.1) is 15.5 Å². The highest BCUT2D eigenvalue weighted by molar-refractivity contribution is 9.11. The molecule has 36 heavy (non-hydrogen) atoms. The minimum Gasteiger partial charge on any atom is -0.487 e. The molecule has 4 aromatic rings. The molecule has 0 unspecified atom stereocenters. The van der Waals surface area contributed by atoms with Crippen molar-refractivity contribution in [1.29, 1.82) is 0 Å². The zero-order valence-corrected chi connectivity index (χ0v) is 22.6. The first kappa shape index (κ1) is 24.3. The average Bonchev–Trinajstić information content (AvgIpc) is 3.11. The summed E-state index contributed by atoms with van der Waals surface area (Å²) in [5.74, 6) is 0.304. The van der Waals surface area contributed by atoms with Crippen LogP contribution in [-0.2, 0) is 17.9 Å². The van der Waals surface area contributed by atoms with Gasteiger partial charge in [0.15, 0.2) is 0 Å². The number of hydrogen-bond acceptors (Lipinski definition) is 3. The highest BCUT2D eigenvalue weighted by atomic mass is 79.9. The van der Waals surface area contributed by atoms with E-state index in [1.54, 1.807) is 6.08 Å². The van der Waals surface area contributed by atoms with E-state index >= 15 is 0 Å². The SMILES string of the molecule is Cc1cccc(CN2C(=O)N/C(=C/c3cc(Br)c(OCc4cccc5ccccc45)c(Br)c3)C2=O)c1. The molecule has 1 N–H and O–H groups in total. The molecule has 0 aliphatic carbocycles. The summed E-state index contributed by atoms with van der Waals surface area (Å²) in [5.41, 5.74) is 4.04. The van der Waals surface area contributed by atoms with Crippen LogP contribution in [0, 0.1) is 6.92 Å². The van der Waals surface area contributed by atoms with E-state index < -0.39 is 6.03 Å². The summed E-state index contributed by atoms with van der Waals surface area (Å²) in [7, 11) is 0. The minimum atomic E-state index is -0.430. The summed E-state index contributed by atoms with van der Waals surface area (Å²) < 4.78 is 7.63. The number of benzene rings is 4. The van der Waals surface area contributed by atoms with Crippen LogP contribution in [0.5, 0.6) is 5.75 Å². The second-order valence-electron chi connectivity index (χ2n) is 8.61. The number of ether oxygens (including phenoxy) is 1. The maximum atomic E-state index is 12.9. The number of carbonyl (C=O) groups is 2. The van der Waals surface area contributed by atoms with Crippen molar-refractivity contribution in [3.8, 4) is 5.75 Å². The van der Waals surface area contributed by atoms with Crippen LogP contribution in [0.25, 0.3) is 16.8 Å². The van der Waals surface area contributed by atoms with E-state index in [4.69, 9.17) is 4.74 Å². The fourth-order valence-corrected chi connectivity index (χ4v) is 5.69. The smallest absolute Gasteiger partial charge is 0.329 e. The zero-order valence-electron chi connectivity index (χ0n) is 19.4. The van der Waals surface area contributed by atoms with Gasteiger partial charge in [0.1, 0.15) is 18.1 Å². The van der Waals surface area contributed by atoms with Crippen LogP contribution < -0.4 is 10.1 Å². The van der Waals surface area contributed by atoms with Crippen LogP contribution in [0.4, 0.5) is 4.79 Å². The largest absolute Gasteiger partial charge is 0.487 e. The zero-order chi connectivity index (χ0) is 25.2. The van der Waals surface area contributed by atoms with Gasteiger partial charge in [0.2, 0.25) is 0 Å². The van der Waals surface area contributed by atoms with Crippen LogP contribution in [0.15, 0.2) is 93.5 Å². The molecule has 7 heteroatoms. The highest BCUT2D eigenvalue weighted by Crippen LogP contribution is 2.36. The quantitative estimate of drug-likeness (QED) is 0.185. The van der Waals surface area contributed by atoms with E-state index in [2.05, 4.69) is 61.4 Å². The van der Waals surface area contributed by atoms with Crippen molar-refractivity contribution in [2.75, 3.05) is 0 Å². The van der Waals surface area contributed by atoms with E-state index in [1.807, 2.05) is 61.5 Å². The fourth-order valence-electron chi connectivity index (χ4n) is 4.24. The third-order valence-corrected chi connectivity index (χ3v) is 7.15. The summed E-state index contributed by atoms with van der Waals surface area (Å²) in [4.78, 5) is 26.6. The van der Waals surface area contributed by atoms with Crippen molar-refractivity contribution < 1.29 is 14.3 Å². The van der Waals surface area contributed by atoms with Gasteiger partial charge in [0.25, 0.3) is 5.91 Å². The van der Waals surface area contributed by atoms with Gasteiger partial charge in [-0.2, -0.15) is 0 Å². The lowest BCUT2D eigenvalue weighted by molar-refractivity contribution is -0.123. The Bertz CT molecular complexity index is 1500. The van der Waals surface area contributed by atoms with E-state index in [-0.39, 0.29) is 18.1 Å². The first-order valence-corrected chi connectivity index (χ1v) is 13.0. The van der Waals surface area contributed by atoms with Gasteiger partial charge in [-0.1, -0.05) is 72.3 Å². The first-order valence-electron chi connectivity index (χ1n) is 11.4. The molecule has 0 saturated carbocycles. The molecule has 180 valence electrons. The Morgan fingerprint density at radius 1 is 0.917 bits per heavy atom. The van der Waals surface area contributed by atoms with Crippen LogP contribution in [0.2, 0.25) is 0 Å². The van der Waals surface area contributed by atoms with Crippen molar-refractivity contribution in [2.45, 2.75) is 20.1 Å². The minimum absolute atomic E-state index is 0.220. The van der Waals surface area contributed by atoms with E-state index in [0.717, 1.165) is 36.6 Å². The van der Waals surface area contributed by atoms with Crippen molar-refractivity contribution in [1.82, 2.24) is 10.2 Å². The third kappa shape index (κ3) is 5.08. The maximum Gasteiger partial charge on any atom is 0.329 e. The molecule has 0 atom stereocenters. The molecule has 0 aromatic heterocycles. The number of nitrogens with one attached hydrogen (secondary N) is 1. The van der Waals surface area contributed by atoms with Gasteiger partial charge >= 0.3 is 6.03 Å². The third-order valence-electron chi connectivity index (χ3n) is 5.97.